The van der Waals surface area contributed by atoms with Crippen LogP contribution in [0.25, 0.3) is 0 Å². The highest BCUT2D eigenvalue weighted by Crippen LogP contribution is 2.11. The van der Waals surface area contributed by atoms with Crippen molar-refractivity contribution in [2.45, 2.75) is 26.4 Å². The molecule has 0 aliphatic carbocycles. The van der Waals surface area contributed by atoms with Crippen LogP contribution >= 0.6 is 0 Å². The maximum atomic E-state index is 5.58. The molecule has 1 aliphatic heterocycles. The maximum Gasteiger partial charge on any atom is 0.115 e. The summed E-state index contributed by atoms with van der Waals surface area (Å²) >= 11 is 0. The summed E-state index contributed by atoms with van der Waals surface area (Å²) in [5, 5.41) is 3.34. The topological polar surface area (TPSA) is 61.4 Å². The van der Waals surface area contributed by atoms with Crippen LogP contribution in [0.4, 0.5) is 0 Å². The van der Waals surface area contributed by atoms with Gasteiger partial charge in [-0.15, -0.1) is 0 Å². The molecule has 0 aromatic heterocycles. The highest BCUT2D eigenvalue weighted by atomic mass is 16.6. The van der Waals surface area contributed by atoms with Gasteiger partial charge in [0.05, 0.1) is 46.2 Å². The summed E-state index contributed by atoms with van der Waals surface area (Å²) in [4.78, 5) is 2.41. The van der Waals surface area contributed by atoms with E-state index in [1.807, 2.05) is 20.8 Å². The van der Waals surface area contributed by atoms with Crippen LogP contribution < -0.4 is 5.32 Å². The molecule has 1 rings (SSSR count). The number of ether oxygens (including phenoxy) is 5. The van der Waals surface area contributed by atoms with E-state index in [4.69, 9.17) is 23.7 Å². The summed E-state index contributed by atoms with van der Waals surface area (Å²) in [6.45, 7) is 19.7. The van der Waals surface area contributed by atoms with Crippen molar-refractivity contribution >= 4 is 0 Å². The number of hydrogen-bond acceptors (Lipinski definition) is 7. The second-order valence-electron chi connectivity index (χ2n) is 7.23. The van der Waals surface area contributed by atoms with E-state index in [0.717, 1.165) is 39.3 Å². The van der Waals surface area contributed by atoms with Crippen molar-refractivity contribution in [2.75, 3.05) is 85.6 Å². The highest BCUT2D eigenvalue weighted by Gasteiger charge is 2.12. The third-order valence-electron chi connectivity index (χ3n) is 3.59. The van der Waals surface area contributed by atoms with Gasteiger partial charge in [-0.1, -0.05) is 6.58 Å². The third kappa shape index (κ3) is 14.5. The Bertz CT molecular complexity index is 354. The van der Waals surface area contributed by atoms with Gasteiger partial charge in [0.2, 0.25) is 0 Å². The molecule has 7 nitrogen and oxygen atoms in total. The Hall–Kier alpha value is -0.700. The summed E-state index contributed by atoms with van der Waals surface area (Å²) < 4.78 is 27.5. The molecule has 7 heteroatoms. The highest BCUT2D eigenvalue weighted by molar-refractivity contribution is 4.85. The van der Waals surface area contributed by atoms with Crippen molar-refractivity contribution in [1.29, 1.82) is 0 Å². The fourth-order valence-electron chi connectivity index (χ4n) is 2.44. The largest absolute Gasteiger partial charge is 0.491 e. The molecule has 1 N–H and O–H groups in total. The van der Waals surface area contributed by atoms with Crippen molar-refractivity contribution < 1.29 is 23.7 Å². The molecule has 1 heterocycles. The lowest BCUT2D eigenvalue weighted by Gasteiger charge is -2.26. The van der Waals surface area contributed by atoms with Gasteiger partial charge in [0.25, 0.3) is 0 Å². The third-order valence-corrected chi connectivity index (χ3v) is 3.59. The molecule has 26 heavy (non-hydrogen) atoms. The van der Waals surface area contributed by atoms with Crippen molar-refractivity contribution in [3.05, 3.63) is 12.3 Å². The van der Waals surface area contributed by atoms with Crippen molar-refractivity contribution in [3.8, 4) is 0 Å². The van der Waals surface area contributed by atoms with E-state index in [1.165, 1.54) is 0 Å². The number of nitrogens with one attached hydrogen (secondary N) is 1. The standard InChI is InChI=1S/C19H38N2O5/c1-18(26-19(2,3)4)17-25-16-15-24-14-13-23-12-11-22-10-9-21-7-5-20-6-8-21/h20H,1,5-17H2,2-4H3. The van der Waals surface area contributed by atoms with Crippen LogP contribution in [0.15, 0.2) is 12.3 Å². The van der Waals surface area contributed by atoms with Crippen molar-refractivity contribution in [3.63, 3.8) is 0 Å². The molecular formula is C19H38N2O5. The van der Waals surface area contributed by atoms with E-state index in [0.29, 0.717) is 52.0 Å². The zero-order chi connectivity index (χ0) is 19.1. The zero-order valence-electron chi connectivity index (χ0n) is 16.9. The molecule has 0 bridgehead atoms. The van der Waals surface area contributed by atoms with Crippen molar-refractivity contribution in [2.24, 2.45) is 0 Å². The van der Waals surface area contributed by atoms with E-state index in [-0.39, 0.29) is 5.60 Å². The number of rotatable bonds is 15. The van der Waals surface area contributed by atoms with Crippen LogP contribution in [-0.2, 0) is 23.7 Å². The zero-order valence-corrected chi connectivity index (χ0v) is 16.9. The smallest absolute Gasteiger partial charge is 0.115 e. The number of nitrogens with zero attached hydrogens (tertiary/aromatic N) is 1. The van der Waals surface area contributed by atoms with Crippen LogP contribution in [-0.4, -0.2) is 96.1 Å². The molecule has 0 aromatic rings. The van der Waals surface area contributed by atoms with Gasteiger partial charge in [0.1, 0.15) is 18.0 Å². The van der Waals surface area contributed by atoms with E-state index in [9.17, 15) is 0 Å². The number of hydrogen-bond donors (Lipinski definition) is 1. The SMILES string of the molecule is C=C(COCCOCCOCCOCCN1CCNCC1)OC(C)(C)C. The quantitative estimate of drug-likeness (QED) is 0.342. The summed E-state index contributed by atoms with van der Waals surface area (Å²) in [6, 6.07) is 0. The summed E-state index contributed by atoms with van der Waals surface area (Å²) in [7, 11) is 0. The first-order valence-electron chi connectivity index (χ1n) is 9.58. The monoisotopic (exact) mass is 374 g/mol. The van der Waals surface area contributed by atoms with Crippen LogP contribution in [0.2, 0.25) is 0 Å². The predicted molar refractivity (Wildman–Crippen MR) is 103 cm³/mol. The molecule has 1 saturated heterocycles. The van der Waals surface area contributed by atoms with E-state index >= 15 is 0 Å². The number of piperazine rings is 1. The molecular weight excluding hydrogens is 336 g/mol. The van der Waals surface area contributed by atoms with E-state index < -0.39 is 0 Å². The Morgan fingerprint density at radius 1 is 0.846 bits per heavy atom. The molecule has 0 saturated carbocycles. The minimum atomic E-state index is -0.233. The van der Waals surface area contributed by atoms with Crippen LogP contribution in [0.3, 0.4) is 0 Å². The Kier molecular flexibility index (Phi) is 12.9. The fraction of sp³-hybridized carbons (Fsp3) is 0.895. The first kappa shape index (κ1) is 23.3. The van der Waals surface area contributed by atoms with Gasteiger partial charge in [0.15, 0.2) is 0 Å². The molecule has 154 valence electrons. The van der Waals surface area contributed by atoms with Gasteiger partial charge in [-0.2, -0.15) is 0 Å². The lowest BCUT2D eigenvalue weighted by molar-refractivity contribution is -0.0139. The van der Waals surface area contributed by atoms with Crippen LogP contribution in [0, 0.1) is 0 Å². The molecule has 0 radical (unpaired) electrons. The normalized spacial score (nSPS) is 16.0. The lowest BCUT2D eigenvalue weighted by atomic mass is 10.2. The Morgan fingerprint density at radius 2 is 1.35 bits per heavy atom. The Morgan fingerprint density at radius 3 is 1.88 bits per heavy atom. The predicted octanol–water partition coefficient (Wildman–Crippen LogP) is 1.29. The lowest BCUT2D eigenvalue weighted by Crippen LogP contribution is -2.44. The van der Waals surface area contributed by atoms with Gasteiger partial charge >= 0.3 is 0 Å². The molecule has 0 unspecified atom stereocenters. The maximum absolute atomic E-state index is 5.58. The molecule has 0 aromatic carbocycles. The average molecular weight is 375 g/mol. The second-order valence-corrected chi connectivity index (χ2v) is 7.23. The molecule has 0 spiro atoms. The second kappa shape index (κ2) is 14.4. The van der Waals surface area contributed by atoms with Gasteiger partial charge in [0, 0.05) is 32.7 Å². The van der Waals surface area contributed by atoms with E-state index in [1.54, 1.807) is 0 Å². The molecule has 0 amide bonds. The van der Waals surface area contributed by atoms with Crippen molar-refractivity contribution in [1.82, 2.24) is 10.2 Å². The van der Waals surface area contributed by atoms with E-state index in [2.05, 4.69) is 16.8 Å². The van der Waals surface area contributed by atoms with Gasteiger partial charge < -0.3 is 29.0 Å². The summed E-state index contributed by atoms with van der Waals surface area (Å²) in [5.74, 6) is 0.637. The first-order chi connectivity index (χ1) is 12.5. The van der Waals surface area contributed by atoms with Gasteiger partial charge in [-0.25, -0.2) is 0 Å². The molecule has 0 atom stereocenters. The Balaban J connectivity index is 1.75. The Labute approximate surface area is 158 Å². The molecule has 1 fully saturated rings. The van der Waals surface area contributed by atoms with Crippen LogP contribution in [0.5, 0.6) is 0 Å². The minimum Gasteiger partial charge on any atom is -0.491 e. The molecule has 1 aliphatic rings. The van der Waals surface area contributed by atoms with Crippen LogP contribution in [0.1, 0.15) is 20.8 Å². The minimum absolute atomic E-state index is 0.233. The van der Waals surface area contributed by atoms with Gasteiger partial charge in [-0.3, -0.25) is 4.90 Å². The summed E-state index contributed by atoms with van der Waals surface area (Å²) in [5.41, 5.74) is -0.233. The summed E-state index contributed by atoms with van der Waals surface area (Å²) in [6.07, 6.45) is 0. The first-order valence-corrected chi connectivity index (χ1v) is 9.58. The average Bonchev–Trinajstić information content (AvgIpc) is 2.58. The fourth-order valence-corrected chi connectivity index (χ4v) is 2.44. The van der Waals surface area contributed by atoms with Gasteiger partial charge in [-0.05, 0) is 20.8 Å².